The summed E-state index contributed by atoms with van der Waals surface area (Å²) in [5.41, 5.74) is 1.67. The number of aromatic nitrogens is 2. The maximum atomic E-state index is 12.1. The van der Waals surface area contributed by atoms with Crippen LogP contribution in [-0.2, 0) is 0 Å². The Labute approximate surface area is 116 Å². The van der Waals surface area contributed by atoms with E-state index >= 15 is 0 Å². The number of aromatic amines is 1. The maximum Gasteiger partial charge on any atom is 0.292 e. The second kappa shape index (κ2) is 4.85. The zero-order valence-corrected chi connectivity index (χ0v) is 11.3. The van der Waals surface area contributed by atoms with Crippen molar-refractivity contribution >= 4 is 22.7 Å². The maximum absolute atomic E-state index is 12.1. The number of furan rings is 1. The third kappa shape index (κ3) is 2.30. The zero-order chi connectivity index (χ0) is 14.1. The Hall–Kier alpha value is -2.56. The minimum atomic E-state index is -0.303. The van der Waals surface area contributed by atoms with Crippen LogP contribution < -0.4 is 5.32 Å². The van der Waals surface area contributed by atoms with Gasteiger partial charge in [-0.15, -0.1) is 0 Å². The summed E-state index contributed by atoms with van der Waals surface area (Å²) in [5.74, 6) is 0.807. The smallest absolute Gasteiger partial charge is 0.292 e. The predicted octanol–water partition coefficient (Wildman–Crippen LogP) is 3.53. The molecule has 5 heteroatoms. The van der Waals surface area contributed by atoms with Gasteiger partial charge in [-0.1, -0.05) is 32.0 Å². The predicted molar refractivity (Wildman–Crippen MR) is 76.8 cm³/mol. The van der Waals surface area contributed by atoms with Gasteiger partial charge in [0.2, 0.25) is 0 Å². The Kier molecular flexibility index (Phi) is 3.02. The van der Waals surface area contributed by atoms with Crippen LogP contribution in [0.25, 0.3) is 11.0 Å². The van der Waals surface area contributed by atoms with Gasteiger partial charge in [0.1, 0.15) is 5.58 Å². The number of H-pyrrole nitrogens is 1. The molecule has 2 aromatic heterocycles. The molecular weight excluding hydrogens is 254 g/mol. The highest BCUT2D eigenvalue weighted by Crippen LogP contribution is 2.20. The van der Waals surface area contributed by atoms with E-state index in [0.717, 1.165) is 11.1 Å². The summed E-state index contributed by atoms with van der Waals surface area (Å²) in [6, 6.07) is 11.1. The Morgan fingerprint density at radius 3 is 2.80 bits per heavy atom. The van der Waals surface area contributed by atoms with Crippen molar-refractivity contribution in [1.29, 1.82) is 0 Å². The quantitative estimate of drug-likeness (QED) is 0.764. The minimum Gasteiger partial charge on any atom is -0.451 e. The van der Waals surface area contributed by atoms with Gasteiger partial charge in [0.25, 0.3) is 5.91 Å². The SMILES string of the molecule is CC(C)c1cc(NC(=O)c2cc3ccccc3o2)n[nH]1. The standard InChI is InChI=1S/C15H15N3O2/c1-9(2)11-8-14(18-17-11)16-15(19)13-7-10-5-3-4-6-12(10)20-13/h3-9H,1-2H3,(H2,16,17,18,19). The summed E-state index contributed by atoms with van der Waals surface area (Å²) in [6.07, 6.45) is 0. The number of nitrogens with one attached hydrogen (secondary N) is 2. The Morgan fingerprint density at radius 2 is 2.10 bits per heavy atom. The lowest BCUT2D eigenvalue weighted by Gasteiger charge is -1.98. The van der Waals surface area contributed by atoms with Crippen molar-refractivity contribution in [1.82, 2.24) is 10.2 Å². The number of benzene rings is 1. The van der Waals surface area contributed by atoms with Crippen molar-refractivity contribution in [2.75, 3.05) is 5.32 Å². The van der Waals surface area contributed by atoms with Crippen LogP contribution in [0.5, 0.6) is 0 Å². The fourth-order valence-corrected chi connectivity index (χ4v) is 1.97. The topological polar surface area (TPSA) is 70.9 Å². The van der Waals surface area contributed by atoms with E-state index in [2.05, 4.69) is 29.4 Å². The van der Waals surface area contributed by atoms with Crippen molar-refractivity contribution in [3.63, 3.8) is 0 Å². The highest BCUT2D eigenvalue weighted by Gasteiger charge is 2.14. The number of amides is 1. The molecule has 0 saturated heterocycles. The van der Waals surface area contributed by atoms with E-state index < -0.39 is 0 Å². The number of nitrogens with zero attached hydrogens (tertiary/aromatic N) is 1. The molecule has 0 bridgehead atoms. The minimum absolute atomic E-state index is 0.278. The van der Waals surface area contributed by atoms with Gasteiger partial charge in [0.05, 0.1) is 0 Å². The fourth-order valence-electron chi connectivity index (χ4n) is 1.97. The number of anilines is 1. The highest BCUT2D eigenvalue weighted by molar-refractivity contribution is 6.04. The Balaban J connectivity index is 1.81. The summed E-state index contributed by atoms with van der Waals surface area (Å²) >= 11 is 0. The first-order valence-electron chi connectivity index (χ1n) is 6.49. The molecule has 102 valence electrons. The molecule has 2 N–H and O–H groups in total. The van der Waals surface area contributed by atoms with Crippen LogP contribution in [-0.4, -0.2) is 16.1 Å². The van der Waals surface area contributed by atoms with Crippen LogP contribution in [0.1, 0.15) is 36.0 Å². The second-order valence-corrected chi connectivity index (χ2v) is 4.97. The molecule has 3 rings (SSSR count). The van der Waals surface area contributed by atoms with Gasteiger partial charge in [-0.05, 0) is 18.1 Å². The number of fused-ring (bicyclic) bond motifs is 1. The molecule has 0 unspecified atom stereocenters. The third-order valence-electron chi connectivity index (χ3n) is 3.11. The first-order chi connectivity index (χ1) is 9.63. The molecule has 0 aliphatic heterocycles. The van der Waals surface area contributed by atoms with Crippen LogP contribution in [0.2, 0.25) is 0 Å². The molecule has 20 heavy (non-hydrogen) atoms. The van der Waals surface area contributed by atoms with Crippen molar-refractivity contribution in [2.24, 2.45) is 0 Å². The van der Waals surface area contributed by atoms with E-state index in [0.29, 0.717) is 17.3 Å². The summed E-state index contributed by atoms with van der Waals surface area (Å²) in [4.78, 5) is 12.1. The van der Waals surface area contributed by atoms with Gasteiger partial charge >= 0.3 is 0 Å². The molecule has 0 saturated carbocycles. The van der Waals surface area contributed by atoms with Crippen molar-refractivity contribution < 1.29 is 9.21 Å². The van der Waals surface area contributed by atoms with Crippen LogP contribution in [0, 0.1) is 0 Å². The summed E-state index contributed by atoms with van der Waals surface area (Å²) < 4.78 is 5.51. The molecule has 1 amide bonds. The number of para-hydroxylation sites is 1. The van der Waals surface area contributed by atoms with E-state index in [1.165, 1.54) is 0 Å². The van der Waals surface area contributed by atoms with Crippen LogP contribution >= 0.6 is 0 Å². The van der Waals surface area contributed by atoms with Crippen molar-refractivity contribution in [3.05, 3.63) is 47.9 Å². The monoisotopic (exact) mass is 269 g/mol. The fraction of sp³-hybridized carbons (Fsp3) is 0.200. The number of carbonyl (C=O) groups is 1. The molecule has 0 radical (unpaired) electrons. The molecule has 3 aromatic rings. The van der Waals surface area contributed by atoms with Gasteiger partial charge in [-0.2, -0.15) is 5.10 Å². The molecule has 0 fully saturated rings. The summed E-state index contributed by atoms with van der Waals surface area (Å²) in [6.45, 7) is 4.11. The van der Waals surface area contributed by atoms with Gasteiger partial charge in [0, 0.05) is 17.1 Å². The van der Waals surface area contributed by atoms with Crippen LogP contribution in [0.4, 0.5) is 5.82 Å². The molecular formula is C15H15N3O2. The van der Waals surface area contributed by atoms with Gasteiger partial charge < -0.3 is 9.73 Å². The number of hydrogen-bond donors (Lipinski definition) is 2. The molecule has 2 heterocycles. The average Bonchev–Trinajstić information content (AvgIpc) is 3.04. The molecule has 5 nitrogen and oxygen atoms in total. The molecule has 1 aromatic carbocycles. The molecule has 0 spiro atoms. The van der Waals surface area contributed by atoms with E-state index in [-0.39, 0.29) is 11.7 Å². The number of carbonyl (C=O) groups excluding carboxylic acids is 1. The van der Waals surface area contributed by atoms with Crippen LogP contribution in [0.15, 0.2) is 40.8 Å². The Bertz CT molecular complexity index is 722. The lowest BCUT2D eigenvalue weighted by atomic mass is 10.1. The molecule has 0 atom stereocenters. The number of rotatable bonds is 3. The van der Waals surface area contributed by atoms with Gasteiger partial charge in [0.15, 0.2) is 11.6 Å². The van der Waals surface area contributed by atoms with Gasteiger partial charge in [-0.3, -0.25) is 9.89 Å². The summed E-state index contributed by atoms with van der Waals surface area (Å²) in [7, 11) is 0. The average molecular weight is 269 g/mol. The van der Waals surface area contributed by atoms with Crippen LogP contribution in [0.3, 0.4) is 0 Å². The first kappa shape index (κ1) is 12.5. The highest BCUT2D eigenvalue weighted by atomic mass is 16.3. The lowest BCUT2D eigenvalue weighted by molar-refractivity contribution is 0.0998. The van der Waals surface area contributed by atoms with Crippen molar-refractivity contribution in [3.8, 4) is 0 Å². The zero-order valence-electron chi connectivity index (χ0n) is 11.3. The third-order valence-corrected chi connectivity index (χ3v) is 3.11. The first-order valence-corrected chi connectivity index (χ1v) is 6.49. The second-order valence-electron chi connectivity index (χ2n) is 4.97. The summed E-state index contributed by atoms with van der Waals surface area (Å²) in [5, 5.41) is 10.6. The largest absolute Gasteiger partial charge is 0.451 e. The van der Waals surface area contributed by atoms with E-state index in [4.69, 9.17) is 4.42 Å². The van der Waals surface area contributed by atoms with E-state index in [1.807, 2.05) is 30.3 Å². The molecule has 0 aliphatic carbocycles. The van der Waals surface area contributed by atoms with Crippen molar-refractivity contribution in [2.45, 2.75) is 19.8 Å². The Morgan fingerprint density at radius 1 is 1.30 bits per heavy atom. The molecule has 0 aliphatic rings. The van der Waals surface area contributed by atoms with E-state index in [1.54, 1.807) is 6.07 Å². The normalized spacial score (nSPS) is 11.2. The number of hydrogen-bond acceptors (Lipinski definition) is 3. The van der Waals surface area contributed by atoms with Gasteiger partial charge in [-0.25, -0.2) is 0 Å². The lowest BCUT2D eigenvalue weighted by Crippen LogP contribution is -2.10. The van der Waals surface area contributed by atoms with E-state index in [9.17, 15) is 4.79 Å².